The van der Waals surface area contributed by atoms with E-state index in [0.717, 1.165) is 11.1 Å². The first kappa shape index (κ1) is 24.8. The Morgan fingerprint density at radius 3 is 1.75 bits per heavy atom. The third kappa shape index (κ3) is 6.37. The highest BCUT2D eigenvalue weighted by Crippen LogP contribution is 2.28. The summed E-state index contributed by atoms with van der Waals surface area (Å²) in [5, 5.41) is 1.67. The van der Waals surface area contributed by atoms with Crippen LogP contribution in [0.3, 0.4) is 0 Å². The second-order valence-electron chi connectivity index (χ2n) is 7.82. The van der Waals surface area contributed by atoms with Gasteiger partial charge in [0.1, 0.15) is 0 Å². The molecule has 0 spiro atoms. The standard InChI is InChI=1S/C24H22Cl4N2O2/c1-29(2)8-7-23(31)30-13-17(9-15-3-5-19(25)21(27)11-15)24(32)18(14-30)10-16-4-6-20(26)22(28)12-16/h3-6,9-12H,7-8,13-14H2,1-2H3/b17-9+,18-10+. The number of carbonyl (C=O) groups is 2. The number of benzene rings is 2. The molecule has 8 heteroatoms. The van der Waals surface area contributed by atoms with E-state index in [4.69, 9.17) is 46.4 Å². The third-order valence-corrected chi connectivity index (χ3v) is 6.48. The lowest BCUT2D eigenvalue weighted by molar-refractivity contribution is -0.131. The number of halogens is 4. The van der Waals surface area contributed by atoms with Crippen LogP contribution < -0.4 is 0 Å². The lowest BCUT2D eigenvalue weighted by Gasteiger charge is -2.30. The Labute approximate surface area is 208 Å². The highest BCUT2D eigenvalue weighted by molar-refractivity contribution is 6.42. The molecule has 1 heterocycles. The molecule has 4 nitrogen and oxygen atoms in total. The first-order valence-corrected chi connectivity index (χ1v) is 11.4. The number of piperidine rings is 1. The number of hydrogen-bond acceptors (Lipinski definition) is 3. The quantitative estimate of drug-likeness (QED) is 0.453. The summed E-state index contributed by atoms with van der Waals surface area (Å²) in [5.41, 5.74) is 2.47. The molecule has 0 aromatic heterocycles. The van der Waals surface area contributed by atoms with E-state index < -0.39 is 0 Å². The predicted octanol–water partition coefficient (Wildman–Crippen LogP) is 6.13. The Balaban J connectivity index is 1.98. The van der Waals surface area contributed by atoms with Gasteiger partial charge >= 0.3 is 0 Å². The van der Waals surface area contributed by atoms with Crippen molar-refractivity contribution in [3.8, 4) is 0 Å². The maximum absolute atomic E-state index is 13.3. The van der Waals surface area contributed by atoms with Gasteiger partial charge in [-0.1, -0.05) is 58.5 Å². The number of ketones is 1. The molecule has 0 N–H and O–H groups in total. The number of hydrogen-bond donors (Lipinski definition) is 0. The monoisotopic (exact) mass is 510 g/mol. The molecule has 1 fully saturated rings. The molecule has 1 saturated heterocycles. The zero-order chi connectivity index (χ0) is 23.4. The number of nitrogens with zero attached hydrogens (tertiary/aromatic N) is 2. The van der Waals surface area contributed by atoms with Crippen molar-refractivity contribution in [3.05, 3.63) is 78.8 Å². The van der Waals surface area contributed by atoms with Crippen LogP contribution in [0.2, 0.25) is 20.1 Å². The van der Waals surface area contributed by atoms with Crippen molar-refractivity contribution in [1.29, 1.82) is 0 Å². The molecule has 1 aliphatic heterocycles. The second-order valence-corrected chi connectivity index (χ2v) is 9.45. The second kappa shape index (κ2) is 10.9. The maximum atomic E-state index is 13.3. The highest BCUT2D eigenvalue weighted by Gasteiger charge is 2.29. The largest absolute Gasteiger partial charge is 0.334 e. The molecule has 168 valence electrons. The molecule has 2 aromatic rings. The van der Waals surface area contributed by atoms with Crippen molar-refractivity contribution >= 4 is 70.2 Å². The van der Waals surface area contributed by atoms with E-state index in [-0.39, 0.29) is 24.8 Å². The Morgan fingerprint density at radius 2 is 1.34 bits per heavy atom. The minimum Gasteiger partial charge on any atom is -0.334 e. The normalized spacial score (nSPS) is 17.0. The Hall–Kier alpha value is -1.82. The van der Waals surface area contributed by atoms with E-state index in [1.807, 2.05) is 19.0 Å². The van der Waals surface area contributed by atoms with Gasteiger partial charge in [0.05, 0.1) is 20.1 Å². The molecule has 0 saturated carbocycles. The van der Waals surface area contributed by atoms with Gasteiger partial charge in [0.25, 0.3) is 0 Å². The van der Waals surface area contributed by atoms with E-state index in [1.54, 1.807) is 53.5 Å². The Kier molecular flexibility index (Phi) is 8.43. The molecule has 0 aliphatic carbocycles. The number of amides is 1. The van der Waals surface area contributed by atoms with Crippen LogP contribution in [-0.4, -0.2) is 55.2 Å². The van der Waals surface area contributed by atoms with Gasteiger partial charge in [0, 0.05) is 37.2 Å². The summed E-state index contributed by atoms with van der Waals surface area (Å²) in [6.07, 6.45) is 3.86. The first-order valence-electron chi connectivity index (χ1n) is 9.92. The number of rotatable bonds is 5. The maximum Gasteiger partial charge on any atom is 0.224 e. The number of likely N-dealkylation sites (tertiary alicyclic amines) is 1. The van der Waals surface area contributed by atoms with Crippen LogP contribution in [0.25, 0.3) is 12.2 Å². The van der Waals surface area contributed by atoms with E-state index in [9.17, 15) is 9.59 Å². The average molecular weight is 512 g/mol. The van der Waals surface area contributed by atoms with Crippen molar-refractivity contribution in [1.82, 2.24) is 9.80 Å². The van der Waals surface area contributed by atoms with Crippen LogP contribution in [0.5, 0.6) is 0 Å². The molecule has 1 amide bonds. The van der Waals surface area contributed by atoms with Crippen LogP contribution in [0, 0.1) is 0 Å². The van der Waals surface area contributed by atoms with E-state index in [1.165, 1.54) is 0 Å². The van der Waals surface area contributed by atoms with Gasteiger partial charge < -0.3 is 9.80 Å². The van der Waals surface area contributed by atoms with Crippen molar-refractivity contribution in [2.24, 2.45) is 0 Å². The fraction of sp³-hybridized carbons (Fsp3) is 0.250. The SMILES string of the molecule is CN(C)CCC(=O)N1C/C(=C\c2ccc(Cl)c(Cl)c2)C(=O)/C(=C/c2ccc(Cl)c(Cl)c2)C1. The molecular weight excluding hydrogens is 490 g/mol. The molecule has 0 atom stereocenters. The van der Waals surface area contributed by atoms with Gasteiger partial charge in [-0.2, -0.15) is 0 Å². The molecule has 0 radical (unpaired) electrons. The van der Waals surface area contributed by atoms with E-state index >= 15 is 0 Å². The molecule has 1 aliphatic rings. The zero-order valence-corrected chi connectivity index (χ0v) is 20.7. The minimum atomic E-state index is -0.126. The summed E-state index contributed by atoms with van der Waals surface area (Å²) in [6.45, 7) is 1.08. The topological polar surface area (TPSA) is 40.6 Å². The molecule has 3 rings (SSSR count). The van der Waals surface area contributed by atoms with Gasteiger partial charge in [-0.3, -0.25) is 9.59 Å². The molecular formula is C24H22Cl4N2O2. The Bertz CT molecular complexity index is 1040. The fourth-order valence-corrected chi connectivity index (χ4v) is 3.91. The van der Waals surface area contributed by atoms with Crippen LogP contribution in [0.15, 0.2) is 47.5 Å². The van der Waals surface area contributed by atoms with Crippen LogP contribution in [0.4, 0.5) is 0 Å². The van der Waals surface area contributed by atoms with Crippen molar-refractivity contribution in [3.63, 3.8) is 0 Å². The molecule has 0 bridgehead atoms. The predicted molar refractivity (Wildman–Crippen MR) is 134 cm³/mol. The minimum absolute atomic E-state index is 0.0220. The van der Waals surface area contributed by atoms with Crippen molar-refractivity contribution in [2.45, 2.75) is 6.42 Å². The van der Waals surface area contributed by atoms with Gasteiger partial charge in [0.15, 0.2) is 5.78 Å². The molecule has 0 unspecified atom stereocenters. The lowest BCUT2D eigenvalue weighted by atomic mass is 9.94. The molecule has 2 aromatic carbocycles. The summed E-state index contributed by atoms with van der Waals surface area (Å²) < 4.78 is 0. The summed E-state index contributed by atoms with van der Waals surface area (Å²) >= 11 is 24.3. The molecule has 32 heavy (non-hydrogen) atoms. The lowest BCUT2D eigenvalue weighted by Crippen LogP contribution is -2.42. The van der Waals surface area contributed by atoms with Crippen LogP contribution >= 0.6 is 46.4 Å². The summed E-state index contributed by atoms with van der Waals surface area (Å²) in [4.78, 5) is 29.8. The van der Waals surface area contributed by atoms with Crippen LogP contribution in [-0.2, 0) is 9.59 Å². The first-order chi connectivity index (χ1) is 15.1. The smallest absolute Gasteiger partial charge is 0.224 e. The van der Waals surface area contributed by atoms with Gasteiger partial charge in [-0.15, -0.1) is 0 Å². The van der Waals surface area contributed by atoms with Gasteiger partial charge in [-0.25, -0.2) is 0 Å². The average Bonchev–Trinajstić information content (AvgIpc) is 2.74. The van der Waals surface area contributed by atoms with Crippen molar-refractivity contribution < 1.29 is 9.59 Å². The van der Waals surface area contributed by atoms with Gasteiger partial charge in [-0.05, 0) is 61.6 Å². The summed E-state index contributed by atoms with van der Waals surface area (Å²) in [5.74, 6) is -0.148. The highest BCUT2D eigenvalue weighted by atomic mass is 35.5. The van der Waals surface area contributed by atoms with Crippen molar-refractivity contribution in [2.75, 3.05) is 33.7 Å². The number of carbonyl (C=O) groups excluding carboxylic acids is 2. The Morgan fingerprint density at radius 1 is 0.875 bits per heavy atom. The zero-order valence-electron chi connectivity index (χ0n) is 17.7. The summed E-state index contributed by atoms with van der Waals surface area (Å²) in [6, 6.07) is 10.3. The van der Waals surface area contributed by atoms with Gasteiger partial charge in [0.2, 0.25) is 5.91 Å². The van der Waals surface area contributed by atoms with E-state index in [0.29, 0.717) is 44.2 Å². The summed E-state index contributed by atoms with van der Waals surface area (Å²) in [7, 11) is 3.83. The van der Waals surface area contributed by atoms with Crippen LogP contribution in [0.1, 0.15) is 17.5 Å². The number of Topliss-reactive ketones (excluding diaryl/α,β-unsaturated/α-hetero) is 1. The third-order valence-electron chi connectivity index (χ3n) is 5.00. The van der Waals surface area contributed by atoms with E-state index in [2.05, 4.69) is 0 Å². The fourth-order valence-electron chi connectivity index (χ4n) is 3.30.